The molecule has 0 saturated heterocycles. The highest BCUT2D eigenvalue weighted by molar-refractivity contribution is 5.81. The van der Waals surface area contributed by atoms with E-state index < -0.39 is 35.3 Å². The van der Waals surface area contributed by atoms with Gasteiger partial charge in [0, 0.05) is 6.04 Å². The number of hydrogen-bond donors (Lipinski definition) is 2. The summed E-state index contributed by atoms with van der Waals surface area (Å²) in [5.74, 6) is -3.14. The Bertz CT molecular complexity index is 507. The number of esters is 1. The van der Waals surface area contributed by atoms with Gasteiger partial charge in [0.15, 0.2) is 0 Å². The fourth-order valence-electron chi connectivity index (χ4n) is 1.91. The number of carbonyl (C=O) groups is 2. The first-order valence-corrected chi connectivity index (χ1v) is 6.56. The first-order valence-electron chi connectivity index (χ1n) is 6.56. The van der Waals surface area contributed by atoms with Gasteiger partial charge in [0.05, 0.1) is 12.3 Å². The van der Waals surface area contributed by atoms with E-state index >= 15 is 0 Å². The van der Waals surface area contributed by atoms with Crippen molar-refractivity contribution in [2.75, 3.05) is 0 Å². The molecule has 3 N–H and O–H groups in total. The molecule has 0 saturated carbocycles. The second kappa shape index (κ2) is 6.67. The second-order valence-corrected chi connectivity index (χ2v) is 5.82. The Hall–Kier alpha value is -1.95. The molecule has 0 aromatic heterocycles. The molecule has 116 valence electrons. The maximum atomic E-state index is 13.0. The van der Waals surface area contributed by atoms with E-state index in [4.69, 9.17) is 15.6 Å². The van der Waals surface area contributed by atoms with E-state index in [0.717, 1.165) is 0 Å². The molecule has 1 unspecified atom stereocenters. The van der Waals surface area contributed by atoms with Crippen LogP contribution < -0.4 is 5.73 Å². The third kappa shape index (κ3) is 5.51. The molecule has 1 aromatic rings. The van der Waals surface area contributed by atoms with Crippen LogP contribution in [0, 0.1) is 5.82 Å². The summed E-state index contributed by atoms with van der Waals surface area (Å²) in [6.45, 7) is 5.11. The maximum absolute atomic E-state index is 13.0. The summed E-state index contributed by atoms with van der Waals surface area (Å²) < 4.78 is 18.3. The number of rotatable bonds is 5. The van der Waals surface area contributed by atoms with Crippen LogP contribution in [0.15, 0.2) is 24.3 Å². The number of benzene rings is 1. The molecule has 0 fully saturated rings. The van der Waals surface area contributed by atoms with E-state index in [0.29, 0.717) is 5.56 Å². The van der Waals surface area contributed by atoms with Gasteiger partial charge in [0.1, 0.15) is 11.4 Å². The van der Waals surface area contributed by atoms with Crippen molar-refractivity contribution in [2.45, 2.75) is 44.8 Å². The van der Waals surface area contributed by atoms with Crippen molar-refractivity contribution in [3.8, 4) is 0 Å². The quantitative estimate of drug-likeness (QED) is 0.812. The molecule has 1 aromatic carbocycles. The monoisotopic (exact) mass is 297 g/mol. The molecule has 2 atom stereocenters. The van der Waals surface area contributed by atoms with Gasteiger partial charge < -0.3 is 15.6 Å². The Labute approximate surface area is 122 Å². The van der Waals surface area contributed by atoms with Gasteiger partial charge in [-0.25, -0.2) is 4.39 Å². The number of carboxylic acid groups (broad SMARTS) is 1. The molecule has 0 bridgehead atoms. The van der Waals surface area contributed by atoms with Crippen molar-refractivity contribution in [1.82, 2.24) is 0 Å². The van der Waals surface area contributed by atoms with E-state index in [9.17, 15) is 14.0 Å². The van der Waals surface area contributed by atoms with Crippen LogP contribution in [-0.2, 0) is 14.3 Å². The molecule has 21 heavy (non-hydrogen) atoms. The Kier molecular flexibility index (Phi) is 5.43. The predicted molar refractivity (Wildman–Crippen MR) is 75.2 cm³/mol. The zero-order valence-corrected chi connectivity index (χ0v) is 12.3. The van der Waals surface area contributed by atoms with Crippen LogP contribution in [0.5, 0.6) is 0 Å². The van der Waals surface area contributed by atoms with E-state index in [1.807, 2.05) is 0 Å². The minimum Gasteiger partial charge on any atom is -0.481 e. The topological polar surface area (TPSA) is 89.6 Å². The van der Waals surface area contributed by atoms with Gasteiger partial charge in [-0.2, -0.15) is 0 Å². The molecule has 0 heterocycles. The first kappa shape index (κ1) is 17.1. The fourth-order valence-corrected chi connectivity index (χ4v) is 1.91. The van der Waals surface area contributed by atoms with Gasteiger partial charge in [0.25, 0.3) is 0 Å². The molecular formula is C15H20FNO4. The van der Waals surface area contributed by atoms with Gasteiger partial charge in [-0.1, -0.05) is 12.1 Å². The highest BCUT2D eigenvalue weighted by Crippen LogP contribution is 2.25. The third-order valence-electron chi connectivity index (χ3n) is 2.73. The summed E-state index contributed by atoms with van der Waals surface area (Å²) in [5.41, 5.74) is 5.54. The summed E-state index contributed by atoms with van der Waals surface area (Å²) in [6.07, 6.45) is -0.388. The molecule has 0 radical (unpaired) electrons. The number of aliphatic carboxylic acids is 1. The Morgan fingerprint density at radius 2 is 1.81 bits per heavy atom. The SMILES string of the molecule is CC(C)(C)OC(=O)C(c1ccc(F)cc1)[C@@H](N)CC(=O)O. The maximum Gasteiger partial charge on any atom is 0.315 e. The van der Waals surface area contributed by atoms with Gasteiger partial charge in [-0.05, 0) is 38.5 Å². The zero-order chi connectivity index (χ0) is 16.2. The van der Waals surface area contributed by atoms with Crippen molar-refractivity contribution in [2.24, 2.45) is 5.73 Å². The molecule has 0 aliphatic carbocycles. The van der Waals surface area contributed by atoms with Crippen LogP contribution in [0.25, 0.3) is 0 Å². The average Bonchev–Trinajstić information content (AvgIpc) is 2.28. The van der Waals surface area contributed by atoms with Crippen molar-refractivity contribution in [3.05, 3.63) is 35.6 Å². The fraction of sp³-hybridized carbons (Fsp3) is 0.467. The largest absolute Gasteiger partial charge is 0.481 e. The van der Waals surface area contributed by atoms with Crippen molar-refractivity contribution in [3.63, 3.8) is 0 Å². The van der Waals surface area contributed by atoms with Crippen molar-refractivity contribution < 1.29 is 23.8 Å². The minimum atomic E-state index is -1.11. The first-order chi connectivity index (χ1) is 9.60. The lowest BCUT2D eigenvalue weighted by Gasteiger charge is -2.27. The molecule has 1 rings (SSSR count). The number of halogens is 1. The van der Waals surface area contributed by atoms with Gasteiger partial charge in [-0.3, -0.25) is 9.59 Å². The van der Waals surface area contributed by atoms with Crippen LogP contribution in [-0.4, -0.2) is 28.7 Å². The lowest BCUT2D eigenvalue weighted by molar-refractivity contribution is -0.157. The summed E-state index contributed by atoms with van der Waals surface area (Å²) in [4.78, 5) is 23.1. The second-order valence-electron chi connectivity index (χ2n) is 5.82. The summed E-state index contributed by atoms with van der Waals surface area (Å²) in [5, 5.41) is 8.85. The molecule has 0 aliphatic heterocycles. The van der Waals surface area contributed by atoms with Crippen LogP contribution in [0.1, 0.15) is 38.7 Å². The number of carboxylic acids is 1. The summed E-state index contributed by atoms with van der Waals surface area (Å²) in [6, 6.07) is 4.25. The van der Waals surface area contributed by atoms with Crippen LogP contribution in [0.2, 0.25) is 0 Å². The molecule has 0 amide bonds. The molecule has 5 nitrogen and oxygen atoms in total. The molecule has 0 spiro atoms. The highest BCUT2D eigenvalue weighted by atomic mass is 19.1. The van der Waals surface area contributed by atoms with Crippen LogP contribution >= 0.6 is 0 Å². The van der Waals surface area contributed by atoms with Gasteiger partial charge in [-0.15, -0.1) is 0 Å². The van der Waals surface area contributed by atoms with E-state index in [-0.39, 0.29) is 6.42 Å². The Balaban J connectivity index is 3.07. The summed E-state index contributed by atoms with van der Waals surface area (Å²) in [7, 11) is 0. The van der Waals surface area contributed by atoms with E-state index in [2.05, 4.69) is 0 Å². The Morgan fingerprint density at radius 1 is 1.29 bits per heavy atom. The lowest BCUT2D eigenvalue weighted by Crippen LogP contribution is -2.39. The number of nitrogens with two attached hydrogens (primary N) is 1. The van der Waals surface area contributed by atoms with Crippen molar-refractivity contribution in [1.29, 1.82) is 0 Å². The van der Waals surface area contributed by atoms with E-state index in [1.54, 1.807) is 20.8 Å². The predicted octanol–water partition coefficient (Wildman–Crippen LogP) is 2.05. The van der Waals surface area contributed by atoms with Crippen LogP contribution in [0.3, 0.4) is 0 Å². The minimum absolute atomic E-state index is 0.388. The molecular weight excluding hydrogens is 277 g/mol. The van der Waals surface area contributed by atoms with Gasteiger partial charge in [0.2, 0.25) is 0 Å². The van der Waals surface area contributed by atoms with Crippen molar-refractivity contribution >= 4 is 11.9 Å². The highest BCUT2D eigenvalue weighted by Gasteiger charge is 2.32. The Morgan fingerprint density at radius 3 is 2.24 bits per heavy atom. The lowest BCUT2D eigenvalue weighted by atomic mass is 9.90. The normalized spacial score (nSPS) is 14.3. The molecule has 0 aliphatic rings. The zero-order valence-electron chi connectivity index (χ0n) is 12.3. The van der Waals surface area contributed by atoms with Crippen LogP contribution in [0.4, 0.5) is 4.39 Å². The van der Waals surface area contributed by atoms with E-state index in [1.165, 1.54) is 24.3 Å². The number of ether oxygens (including phenoxy) is 1. The average molecular weight is 297 g/mol. The smallest absolute Gasteiger partial charge is 0.315 e. The third-order valence-corrected chi connectivity index (χ3v) is 2.73. The standard InChI is InChI=1S/C15H20FNO4/c1-15(2,3)21-14(20)13(11(17)8-12(18)19)9-4-6-10(16)7-5-9/h4-7,11,13H,8,17H2,1-3H3,(H,18,19)/t11-,13?/m0/s1. The number of carbonyl (C=O) groups excluding carboxylic acids is 1. The summed E-state index contributed by atoms with van der Waals surface area (Å²) >= 11 is 0. The van der Waals surface area contributed by atoms with Gasteiger partial charge >= 0.3 is 11.9 Å². The number of hydrogen-bond acceptors (Lipinski definition) is 4. The molecule has 6 heteroatoms.